The molecule has 0 spiro atoms. The molecule has 3 N–H and O–H groups in total. The number of piperazine rings is 1. The fraction of sp³-hybridized carbons (Fsp3) is 0.481. The largest absolute Gasteiger partial charge is 0.338 e. The van der Waals surface area contributed by atoms with Crippen LogP contribution in [0.25, 0.3) is 11.1 Å². The molecule has 1 atom stereocenters. The standard InChI is InChI=1S/C27H35N5O/c1-31-14-16-32(17-15-31)20-22-6-10-24(11-7-22)23-8-4-21(5-9-23)18-25(19-28)30-26(33)27(29)12-2-3-13-27/h4-11,25H,2-3,12-18,20,29H2,1H3,(H,30,33)/t25-/m0/s1. The van der Waals surface area contributed by atoms with Crippen LogP contribution in [-0.2, 0) is 17.8 Å². The van der Waals surface area contributed by atoms with Gasteiger partial charge in [-0.3, -0.25) is 9.69 Å². The molecule has 6 heteroatoms. The maximum atomic E-state index is 12.5. The number of nitrogens with one attached hydrogen (secondary N) is 1. The highest BCUT2D eigenvalue weighted by atomic mass is 16.2. The summed E-state index contributed by atoms with van der Waals surface area (Å²) in [5, 5.41) is 12.4. The van der Waals surface area contributed by atoms with E-state index in [4.69, 9.17) is 5.73 Å². The summed E-state index contributed by atoms with van der Waals surface area (Å²) < 4.78 is 0. The van der Waals surface area contributed by atoms with E-state index in [9.17, 15) is 10.1 Å². The van der Waals surface area contributed by atoms with E-state index in [1.165, 1.54) is 11.1 Å². The number of nitriles is 1. The minimum absolute atomic E-state index is 0.195. The lowest BCUT2D eigenvalue weighted by atomic mass is 9.96. The van der Waals surface area contributed by atoms with Gasteiger partial charge in [0, 0.05) is 39.1 Å². The fourth-order valence-corrected chi connectivity index (χ4v) is 4.80. The van der Waals surface area contributed by atoms with Crippen molar-refractivity contribution in [3.8, 4) is 17.2 Å². The second kappa shape index (κ2) is 10.5. The lowest BCUT2D eigenvalue weighted by Crippen LogP contribution is -2.54. The van der Waals surface area contributed by atoms with Crippen LogP contribution >= 0.6 is 0 Å². The summed E-state index contributed by atoms with van der Waals surface area (Å²) in [6.45, 7) is 5.51. The Hall–Kier alpha value is -2.72. The quantitative estimate of drug-likeness (QED) is 0.685. The van der Waals surface area contributed by atoms with E-state index in [0.29, 0.717) is 19.3 Å². The third-order valence-electron chi connectivity index (χ3n) is 7.09. The number of hydrogen-bond acceptors (Lipinski definition) is 5. The smallest absolute Gasteiger partial charge is 0.241 e. The van der Waals surface area contributed by atoms with Gasteiger partial charge in [0.05, 0.1) is 11.6 Å². The second-order valence-electron chi connectivity index (χ2n) is 9.70. The van der Waals surface area contributed by atoms with Crippen LogP contribution in [0.3, 0.4) is 0 Å². The van der Waals surface area contributed by atoms with Gasteiger partial charge < -0.3 is 16.0 Å². The molecular formula is C27H35N5O. The summed E-state index contributed by atoms with van der Waals surface area (Å²) in [7, 11) is 2.18. The van der Waals surface area contributed by atoms with Crippen molar-refractivity contribution in [3.63, 3.8) is 0 Å². The zero-order valence-corrected chi connectivity index (χ0v) is 19.6. The Morgan fingerprint density at radius 2 is 1.55 bits per heavy atom. The number of hydrogen-bond donors (Lipinski definition) is 2. The van der Waals surface area contributed by atoms with Gasteiger partial charge in [-0.05, 0) is 42.1 Å². The predicted octanol–water partition coefficient (Wildman–Crippen LogP) is 2.92. The monoisotopic (exact) mass is 445 g/mol. The Morgan fingerprint density at radius 3 is 2.09 bits per heavy atom. The molecule has 1 heterocycles. The average Bonchev–Trinajstić information content (AvgIpc) is 3.29. The number of carbonyl (C=O) groups excluding carboxylic acids is 1. The van der Waals surface area contributed by atoms with E-state index in [2.05, 4.69) is 64.6 Å². The minimum atomic E-state index is -0.810. The third-order valence-corrected chi connectivity index (χ3v) is 7.09. The fourth-order valence-electron chi connectivity index (χ4n) is 4.80. The van der Waals surface area contributed by atoms with Crippen molar-refractivity contribution in [1.82, 2.24) is 15.1 Å². The first kappa shape index (κ1) is 23.4. The summed E-state index contributed by atoms with van der Waals surface area (Å²) in [5.74, 6) is -0.195. The van der Waals surface area contributed by atoms with Gasteiger partial charge in [-0.2, -0.15) is 5.26 Å². The van der Waals surface area contributed by atoms with E-state index < -0.39 is 11.6 Å². The van der Waals surface area contributed by atoms with Crippen molar-refractivity contribution >= 4 is 5.91 Å². The molecule has 2 fully saturated rings. The molecule has 2 aliphatic rings. The van der Waals surface area contributed by atoms with Gasteiger partial charge in [0.25, 0.3) is 0 Å². The minimum Gasteiger partial charge on any atom is -0.338 e. The van der Waals surface area contributed by atoms with Gasteiger partial charge >= 0.3 is 0 Å². The summed E-state index contributed by atoms with van der Waals surface area (Å²) in [5.41, 5.74) is 10.1. The molecule has 2 aromatic rings. The number of nitrogens with zero attached hydrogens (tertiary/aromatic N) is 3. The number of likely N-dealkylation sites (N-methyl/N-ethyl adjacent to an activating group) is 1. The topological polar surface area (TPSA) is 85.4 Å². The maximum Gasteiger partial charge on any atom is 0.241 e. The lowest BCUT2D eigenvalue weighted by Gasteiger charge is -2.32. The number of rotatable bonds is 7. The Balaban J connectivity index is 1.32. The number of amides is 1. The molecular weight excluding hydrogens is 410 g/mol. The van der Waals surface area contributed by atoms with Crippen LogP contribution in [-0.4, -0.2) is 60.5 Å². The molecule has 1 aliphatic heterocycles. The van der Waals surface area contributed by atoms with Gasteiger partial charge in [0.1, 0.15) is 6.04 Å². The van der Waals surface area contributed by atoms with Gasteiger partial charge in [0.2, 0.25) is 5.91 Å². The van der Waals surface area contributed by atoms with Crippen molar-refractivity contribution in [1.29, 1.82) is 5.26 Å². The Kier molecular flexibility index (Phi) is 7.44. The van der Waals surface area contributed by atoms with Crippen molar-refractivity contribution in [2.24, 2.45) is 5.73 Å². The van der Waals surface area contributed by atoms with Crippen LogP contribution in [0.4, 0.5) is 0 Å². The first-order chi connectivity index (χ1) is 15.9. The highest BCUT2D eigenvalue weighted by Crippen LogP contribution is 2.27. The summed E-state index contributed by atoms with van der Waals surface area (Å²) in [6, 6.07) is 18.7. The molecule has 1 aliphatic carbocycles. The van der Waals surface area contributed by atoms with Crippen LogP contribution in [0.15, 0.2) is 48.5 Å². The van der Waals surface area contributed by atoms with Gasteiger partial charge in [-0.15, -0.1) is 0 Å². The molecule has 1 saturated heterocycles. The summed E-state index contributed by atoms with van der Waals surface area (Å²) in [4.78, 5) is 17.4. The first-order valence-corrected chi connectivity index (χ1v) is 12.0. The van der Waals surface area contributed by atoms with Crippen molar-refractivity contribution in [2.75, 3.05) is 33.2 Å². The summed E-state index contributed by atoms with van der Waals surface area (Å²) in [6.07, 6.45) is 3.81. The highest BCUT2D eigenvalue weighted by Gasteiger charge is 2.37. The van der Waals surface area contributed by atoms with Crippen molar-refractivity contribution < 1.29 is 4.79 Å². The van der Waals surface area contributed by atoms with Gasteiger partial charge in [-0.25, -0.2) is 0 Å². The van der Waals surface area contributed by atoms with Crippen molar-refractivity contribution in [3.05, 3.63) is 59.7 Å². The second-order valence-corrected chi connectivity index (χ2v) is 9.70. The predicted molar refractivity (Wildman–Crippen MR) is 131 cm³/mol. The molecule has 174 valence electrons. The summed E-state index contributed by atoms with van der Waals surface area (Å²) >= 11 is 0. The number of nitrogens with two attached hydrogens (primary N) is 1. The molecule has 0 aromatic heterocycles. The highest BCUT2D eigenvalue weighted by molar-refractivity contribution is 5.86. The zero-order chi connectivity index (χ0) is 23.3. The zero-order valence-electron chi connectivity index (χ0n) is 19.6. The van der Waals surface area contributed by atoms with Crippen LogP contribution in [0.1, 0.15) is 36.8 Å². The van der Waals surface area contributed by atoms with E-state index in [-0.39, 0.29) is 5.91 Å². The van der Waals surface area contributed by atoms with Gasteiger partial charge in [0.15, 0.2) is 0 Å². The number of benzene rings is 2. The van der Waals surface area contributed by atoms with Crippen LogP contribution < -0.4 is 11.1 Å². The molecule has 2 aromatic carbocycles. The molecule has 0 bridgehead atoms. The molecule has 0 radical (unpaired) electrons. The van der Waals surface area contributed by atoms with E-state index in [0.717, 1.165) is 56.7 Å². The Morgan fingerprint density at radius 1 is 1.00 bits per heavy atom. The normalized spacial score (nSPS) is 19.7. The first-order valence-electron chi connectivity index (χ1n) is 12.0. The van der Waals surface area contributed by atoms with Crippen LogP contribution in [0.5, 0.6) is 0 Å². The molecule has 0 unspecified atom stereocenters. The SMILES string of the molecule is CN1CCN(Cc2ccc(-c3ccc(C[C@@H](C#N)NC(=O)C4(N)CCCC4)cc3)cc2)CC1. The van der Waals surface area contributed by atoms with E-state index in [1.807, 2.05) is 12.1 Å². The van der Waals surface area contributed by atoms with Crippen LogP contribution in [0, 0.1) is 11.3 Å². The van der Waals surface area contributed by atoms with E-state index >= 15 is 0 Å². The molecule has 4 rings (SSSR count). The molecule has 33 heavy (non-hydrogen) atoms. The Bertz CT molecular complexity index is 965. The molecule has 1 amide bonds. The maximum absolute atomic E-state index is 12.5. The third kappa shape index (κ3) is 6.00. The average molecular weight is 446 g/mol. The van der Waals surface area contributed by atoms with E-state index in [1.54, 1.807) is 0 Å². The lowest BCUT2D eigenvalue weighted by molar-refractivity contribution is -0.126. The molecule has 1 saturated carbocycles. The van der Waals surface area contributed by atoms with Crippen LogP contribution in [0.2, 0.25) is 0 Å². The Labute approximate surface area is 197 Å². The molecule has 6 nitrogen and oxygen atoms in total. The van der Waals surface area contributed by atoms with Crippen molar-refractivity contribution in [2.45, 2.75) is 50.2 Å². The number of carbonyl (C=O) groups is 1. The van der Waals surface area contributed by atoms with Gasteiger partial charge in [-0.1, -0.05) is 61.4 Å².